The molecule has 2 N–H and O–H groups in total. The topological polar surface area (TPSA) is 88.2 Å². The second kappa shape index (κ2) is 8.64. The number of hydrogen-bond acceptors (Lipinski definition) is 5. The number of amides is 1. The Bertz CT molecular complexity index is 850. The molecule has 2 rings (SSSR count). The average molecular weight is 402 g/mol. The second-order valence-corrected chi connectivity index (χ2v) is 8.62. The number of aromatic nitrogens is 1. The highest BCUT2D eigenvalue weighted by Crippen LogP contribution is 2.26. The van der Waals surface area contributed by atoms with Gasteiger partial charge in [-0.3, -0.25) is 9.52 Å². The van der Waals surface area contributed by atoms with Gasteiger partial charge in [-0.1, -0.05) is 24.6 Å². The molecule has 0 aliphatic rings. The van der Waals surface area contributed by atoms with Crippen LogP contribution in [-0.2, 0) is 21.2 Å². The molecular weight excluding hydrogens is 382 g/mol. The van der Waals surface area contributed by atoms with Crippen molar-refractivity contribution >= 4 is 44.0 Å². The third kappa shape index (κ3) is 5.42. The number of carbonyl (C=O) groups is 1. The normalized spacial score (nSPS) is 11.3. The van der Waals surface area contributed by atoms with Gasteiger partial charge in [0.2, 0.25) is 5.91 Å². The molecule has 0 saturated carbocycles. The third-order valence-corrected chi connectivity index (χ3v) is 6.45. The quantitative estimate of drug-likeness (QED) is 0.709. The highest BCUT2D eigenvalue weighted by atomic mass is 35.5. The molecule has 1 aromatic heterocycles. The summed E-state index contributed by atoms with van der Waals surface area (Å²) in [6.07, 6.45) is 3.53. The van der Waals surface area contributed by atoms with Gasteiger partial charge in [-0.2, -0.15) is 0 Å². The van der Waals surface area contributed by atoms with Crippen molar-refractivity contribution < 1.29 is 13.2 Å². The van der Waals surface area contributed by atoms with Crippen molar-refractivity contribution in [2.75, 3.05) is 11.3 Å². The van der Waals surface area contributed by atoms with Crippen molar-refractivity contribution in [3.8, 4) is 0 Å². The molecule has 136 valence electrons. The average Bonchev–Trinajstić information content (AvgIpc) is 2.96. The lowest BCUT2D eigenvalue weighted by Gasteiger charge is -2.09. The van der Waals surface area contributed by atoms with E-state index in [1.54, 1.807) is 25.3 Å². The van der Waals surface area contributed by atoms with Crippen LogP contribution in [0, 0.1) is 6.92 Å². The van der Waals surface area contributed by atoms with Crippen LogP contribution in [0.4, 0.5) is 5.13 Å². The lowest BCUT2D eigenvalue weighted by Crippen LogP contribution is -2.24. The molecule has 0 bridgehead atoms. The predicted octanol–water partition coefficient (Wildman–Crippen LogP) is 3.36. The summed E-state index contributed by atoms with van der Waals surface area (Å²) >= 11 is 7.24. The first-order valence-electron chi connectivity index (χ1n) is 7.83. The maximum Gasteiger partial charge on any atom is 0.263 e. The fourth-order valence-electron chi connectivity index (χ4n) is 2.16. The monoisotopic (exact) mass is 401 g/mol. The van der Waals surface area contributed by atoms with Crippen LogP contribution < -0.4 is 10.0 Å². The molecule has 0 aliphatic carbocycles. The van der Waals surface area contributed by atoms with E-state index in [0.29, 0.717) is 30.0 Å². The molecule has 1 aromatic carbocycles. The standard InChI is InChI=1S/C16H20ClN3O3S2/c1-3-5-15(21)18-9-8-12-10-19-16(24-12)20-25(22,23)14-7-4-6-13(17)11(14)2/h4,6-7,10H,3,5,8-9H2,1-2H3,(H,18,21)(H,19,20). The summed E-state index contributed by atoms with van der Waals surface area (Å²) in [6, 6.07) is 4.74. The highest BCUT2D eigenvalue weighted by molar-refractivity contribution is 7.93. The number of halogens is 1. The van der Waals surface area contributed by atoms with E-state index in [1.807, 2.05) is 6.92 Å². The Morgan fingerprint density at radius 1 is 1.36 bits per heavy atom. The summed E-state index contributed by atoms with van der Waals surface area (Å²) in [6.45, 7) is 4.10. The Morgan fingerprint density at radius 3 is 2.84 bits per heavy atom. The van der Waals surface area contributed by atoms with Crippen molar-refractivity contribution in [1.29, 1.82) is 0 Å². The minimum atomic E-state index is -3.75. The van der Waals surface area contributed by atoms with Gasteiger partial charge in [-0.05, 0) is 31.0 Å². The summed E-state index contributed by atoms with van der Waals surface area (Å²) in [5.74, 6) is 0.0179. The van der Waals surface area contributed by atoms with Gasteiger partial charge in [0.15, 0.2) is 5.13 Å². The highest BCUT2D eigenvalue weighted by Gasteiger charge is 2.19. The van der Waals surface area contributed by atoms with E-state index in [2.05, 4.69) is 15.0 Å². The van der Waals surface area contributed by atoms with Gasteiger partial charge in [0, 0.05) is 35.5 Å². The SMILES string of the molecule is CCCC(=O)NCCc1cnc(NS(=O)(=O)c2cccc(Cl)c2C)s1. The number of rotatable bonds is 8. The maximum atomic E-state index is 12.5. The lowest BCUT2D eigenvalue weighted by atomic mass is 10.2. The molecule has 9 heteroatoms. The molecule has 0 unspecified atom stereocenters. The van der Waals surface area contributed by atoms with Crippen LogP contribution in [0.5, 0.6) is 0 Å². The number of nitrogens with zero attached hydrogens (tertiary/aromatic N) is 1. The molecule has 6 nitrogen and oxygen atoms in total. The number of carbonyl (C=O) groups excluding carboxylic acids is 1. The molecule has 0 saturated heterocycles. The summed E-state index contributed by atoms with van der Waals surface area (Å²) in [5, 5.41) is 3.50. The molecule has 25 heavy (non-hydrogen) atoms. The van der Waals surface area contributed by atoms with Crippen molar-refractivity contribution in [2.24, 2.45) is 0 Å². The third-order valence-electron chi connectivity index (χ3n) is 3.45. The maximum absolute atomic E-state index is 12.5. The summed E-state index contributed by atoms with van der Waals surface area (Å²) in [7, 11) is -3.75. The van der Waals surface area contributed by atoms with Crippen LogP contribution >= 0.6 is 22.9 Å². The first-order valence-corrected chi connectivity index (χ1v) is 10.5. The smallest absolute Gasteiger partial charge is 0.263 e. The Balaban J connectivity index is 2.00. The van der Waals surface area contributed by atoms with E-state index >= 15 is 0 Å². The minimum absolute atomic E-state index is 0.0179. The minimum Gasteiger partial charge on any atom is -0.356 e. The lowest BCUT2D eigenvalue weighted by molar-refractivity contribution is -0.121. The van der Waals surface area contributed by atoms with Gasteiger partial charge in [0.25, 0.3) is 10.0 Å². The Hall–Kier alpha value is -1.64. The van der Waals surface area contributed by atoms with Crippen LogP contribution in [0.25, 0.3) is 0 Å². The van der Waals surface area contributed by atoms with E-state index in [0.717, 1.165) is 11.3 Å². The van der Waals surface area contributed by atoms with Gasteiger partial charge in [0.05, 0.1) is 4.90 Å². The Morgan fingerprint density at radius 2 is 2.12 bits per heavy atom. The van der Waals surface area contributed by atoms with Crippen LogP contribution in [0.1, 0.15) is 30.2 Å². The number of hydrogen-bond donors (Lipinski definition) is 2. The van der Waals surface area contributed by atoms with Crippen molar-refractivity contribution in [3.05, 3.63) is 39.9 Å². The van der Waals surface area contributed by atoms with Gasteiger partial charge in [0.1, 0.15) is 0 Å². The summed E-state index contributed by atoms with van der Waals surface area (Å²) < 4.78 is 27.5. The number of thiazole rings is 1. The van der Waals surface area contributed by atoms with Gasteiger partial charge >= 0.3 is 0 Å². The molecule has 0 aliphatic heterocycles. The first-order chi connectivity index (χ1) is 11.8. The fourth-order valence-corrected chi connectivity index (χ4v) is 4.71. The van der Waals surface area contributed by atoms with Gasteiger partial charge in [-0.15, -0.1) is 11.3 Å². The van der Waals surface area contributed by atoms with E-state index in [9.17, 15) is 13.2 Å². The molecule has 0 atom stereocenters. The zero-order valence-corrected chi connectivity index (χ0v) is 16.4. The van der Waals surface area contributed by atoms with Crippen LogP contribution in [0.3, 0.4) is 0 Å². The summed E-state index contributed by atoms with van der Waals surface area (Å²) in [5.41, 5.74) is 0.493. The zero-order valence-electron chi connectivity index (χ0n) is 14.0. The second-order valence-electron chi connectivity index (χ2n) is 5.45. The molecule has 1 heterocycles. The van der Waals surface area contributed by atoms with E-state index in [4.69, 9.17) is 11.6 Å². The van der Waals surface area contributed by atoms with E-state index in [-0.39, 0.29) is 15.9 Å². The Kier molecular flexibility index (Phi) is 6.80. The molecule has 2 aromatic rings. The number of sulfonamides is 1. The van der Waals surface area contributed by atoms with E-state index in [1.165, 1.54) is 17.4 Å². The predicted molar refractivity (Wildman–Crippen MR) is 101 cm³/mol. The number of benzene rings is 1. The van der Waals surface area contributed by atoms with Gasteiger partial charge in [-0.25, -0.2) is 13.4 Å². The molecular formula is C16H20ClN3O3S2. The fraction of sp³-hybridized carbons (Fsp3) is 0.375. The van der Waals surface area contributed by atoms with E-state index < -0.39 is 10.0 Å². The van der Waals surface area contributed by atoms with Crippen LogP contribution in [0.2, 0.25) is 5.02 Å². The molecule has 0 spiro atoms. The molecule has 1 amide bonds. The van der Waals surface area contributed by atoms with Gasteiger partial charge < -0.3 is 5.32 Å². The first kappa shape index (κ1) is 19.7. The summed E-state index contributed by atoms with van der Waals surface area (Å²) in [4.78, 5) is 16.5. The van der Waals surface area contributed by atoms with Crippen molar-refractivity contribution in [2.45, 2.75) is 38.0 Å². The van der Waals surface area contributed by atoms with Crippen molar-refractivity contribution in [3.63, 3.8) is 0 Å². The van der Waals surface area contributed by atoms with Crippen LogP contribution in [-0.4, -0.2) is 25.9 Å². The molecule has 0 radical (unpaired) electrons. The largest absolute Gasteiger partial charge is 0.356 e. The Labute approximate surface area is 156 Å². The zero-order chi connectivity index (χ0) is 18.4. The number of anilines is 1. The molecule has 0 fully saturated rings. The van der Waals surface area contributed by atoms with Crippen LogP contribution in [0.15, 0.2) is 29.3 Å². The van der Waals surface area contributed by atoms with Crippen molar-refractivity contribution in [1.82, 2.24) is 10.3 Å². The number of nitrogens with one attached hydrogen (secondary N) is 2.